The number of benzene rings is 2. The summed E-state index contributed by atoms with van der Waals surface area (Å²) in [4.78, 5) is 51.7. The van der Waals surface area contributed by atoms with Crippen molar-refractivity contribution in [2.75, 3.05) is 33.1 Å². The molecule has 0 spiro atoms. The molecule has 0 radical (unpaired) electrons. The van der Waals surface area contributed by atoms with E-state index in [1.165, 1.54) is 36.1 Å². The Morgan fingerprint density at radius 3 is 2.39 bits per heavy atom. The van der Waals surface area contributed by atoms with E-state index in [9.17, 15) is 23.2 Å². The molecule has 46 heavy (non-hydrogen) atoms. The molecule has 236 valence electrons. The Bertz CT molecular complexity index is 2050. The van der Waals surface area contributed by atoms with Gasteiger partial charge in [0, 0.05) is 28.7 Å². The lowest BCUT2D eigenvalue weighted by Gasteiger charge is -2.15. The summed E-state index contributed by atoms with van der Waals surface area (Å²) >= 11 is 1.14. The van der Waals surface area contributed by atoms with Crippen molar-refractivity contribution in [3.63, 3.8) is 0 Å². The van der Waals surface area contributed by atoms with Gasteiger partial charge < -0.3 is 15.0 Å². The van der Waals surface area contributed by atoms with Crippen molar-refractivity contribution in [3.05, 3.63) is 104 Å². The Hall–Kier alpha value is -5.43. The summed E-state index contributed by atoms with van der Waals surface area (Å²) in [5, 5.41) is 11.6. The Kier molecular flexibility index (Phi) is 9.52. The minimum Gasteiger partial charge on any atom is -0.462 e. The number of fused-ring (bicyclic) bond motifs is 1. The maximum Gasteiger partial charge on any atom is 0.343 e. The van der Waals surface area contributed by atoms with Crippen LogP contribution in [0.3, 0.4) is 0 Å². The molecule has 15 heteroatoms. The smallest absolute Gasteiger partial charge is 0.343 e. The first-order chi connectivity index (χ1) is 22.1. The van der Waals surface area contributed by atoms with Crippen molar-refractivity contribution in [3.8, 4) is 28.1 Å². The average molecular weight is 648 g/mol. The number of ether oxygens (including phenoxy) is 1. The molecular formula is C31H27F2N7O5S. The molecule has 5 rings (SSSR count). The zero-order valence-electron chi connectivity index (χ0n) is 24.8. The van der Waals surface area contributed by atoms with E-state index in [4.69, 9.17) is 10.00 Å². The molecule has 0 aliphatic carbocycles. The third-order valence-electron chi connectivity index (χ3n) is 6.79. The van der Waals surface area contributed by atoms with Crippen LogP contribution in [0.15, 0.2) is 70.4 Å². The minimum absolute atomic E-state index is 0.0947. The van der Waals surface area contributed by atoms with Gasteiger partial charge >= 0.3 is 11.7 Å². The zero-order valence-corrected chi connectivity index (χ0v) is 25.7. The number of carbonyl (C=O) groups is 1. The van der Waals surface area contributed by atoms with Crippen LogP contribution in [0.1, 0.15) is 11.1 Å². The summed E-state index contributed by atoms with van der Waals surface area (Å²) in [5.41, 5.74) is 2.17. The first kappa shape index (κ1) is 32.0. The number of pyridine rings is 1. The van der Waals surface area contributed by atoms with Crippen molar-refractivity contribution in [2.24, 2.45) is 0 Å². The van der Waals surface area contributed by atoms with Crippen LogP contribution in [-0.2, 0) is 17.9 Å². The molecule has 0 aliphatic heterocycles. The number of urea groups is 1. The summed E-state index contributed by atoms with van der Waals surface area (Å²) in [6.07, 6.45) is 1.25. The standard InChI is InChI=1S/C31H27F2N7O5S/c1-38(2)16-22-26-28(41)40(20-11-12-25(35-15-20)45-14-13-34)31(43)39(17-21-23(32)5-4-6-24(21)33)29(26)46-27(22)18-7-9-19(10-8-18)36-30(42)37-44-3/h4-12,15H,14,16-17H2,1-3H3,(H2,36,37,42). The van der Waals surface area contributed by atoms with Gasteiger partial charge in [-0.2, -0.15) is 5.26 Å². The van der Waals surface area contributed by atoms with Crippen molar-refractivity contribution < 1.29 is 23.1 Å². The van der Waals surface area contributed by atoms with E-state index in [0.717, 1.165) is 28.0 Å². The predicted molar refractivity (Wildman–Crippen MR) is 168 cm³/mol. The lowest BCUT2D eigenvalue weighted by molar-refractivity contribution is 0.114. The number of nitrogens with zero attached hydrogens (tertiary/aromatic N) is 5. The van der Waals surface area contributed by atoms with Gasteiger partial charge in [-0.25, -0.2) is 33.4 Å². The number of hydrogen-bond acceptors (Lipinski definition) is 9. The van der Waals surface area contributed by atoms with Gasteiger partial charge in [0.15, 0.2) is 6.61 Å². The van der Waals surface area contributed by atoms with Gasteiger partial charge in [0.05, 0.1) is 30.9 Å². The molecule has 2 amide bonds. The molecule has 0 fully saturated rings. The number of nitrogens with one attached hydrogen (secondary N) is 2. The second-order valence-electron chi connectivity index (χ2n) is 10.2. The minimum atomic E-state index is -0.843. The maximum absolute atomic E-state index is 14.9. The third-order valence-corrected chi connectivity index (χ3v) is 8.09. The van der Waals surface area contributed by atoms with Crippen molar-refractivity contribution in [1.29, 1.82) is 5.26 Å². The lowest BCUT2D eigenvalue weighted by atomic mass is 10.1. The van der Waals surface area contributed by atoms with Crippen LogP contribution < -0.4 is 26.8 Å². The summed E-state index contributed by atoms with van der Waals surface area (Å²) in [7, 11) is 4.95. The maximum atomic E-state index is 14.9. The molecular weight excluding hydrogens is 620 g/mol. The lowest BCUT2D eigenvalue weighted by Crippen LogP contribution is -2.39. The largest absolute Gasteiger partial charge is 0.462 e. The van der Waals surface area contributed by atoms with Crippen molar-refractivity contribution in [2.45, 2.75) is 13.1 Å². The Morgan fingerprint density at radius 2 is 1.78 bits per heavy atom. The molecule has 0 saturated carbocycles. The monoisotopic (exact) mass is 647 g/mol. The third kappa shape index (κ3) is 6.49. The normalized spacial score (nSPS) is 11.1. The van der Waals surface area contributed by atoms with Crippen LogP contribution in [-0.4, -0.2) is 52.9 Å². The first-order valence-electron chi connectivity index (χ1n) is 13.7. The summed E-state index contributed by atoms with van der Waals surface area (Å²) in [6.45, 7) is -0.460. The fourth-order valence-electron chi connectivity index (χ4n) is 4.83. The molecule has 3 aromatic heterocycles. The van der Waals surface area contributed by atoms with Crippen LogP contribution >= 0.6 is 11.3 Å². The van der Waals surface area contributed by atoms with E-state index in [2.05, 4.69) is 20.6 Å². The highest BCUT2D eigenvalue weighted by Gasteiger charge is 2.25. The molecule has 0 saturated heterocycles. The number of anilines is 1. The fraction of sp³-hybridized carbons (Fsp3) is 0.194. The average Bonchev–Trinajstić information content (AvgIpc) is 3.39. The second kappa shape index (κ2) is 13.7. The molecule has 3 heterocycles. The van der Waals surface area contributed by atoms with E-state index < -0.39 is 35.5 Å². The molecule has 12 nitrogen and oxygen atoms in total. The molecule has 0 atom stereocenters. The van der Waals surface area contributed by atoms with Crippen LogP contribution in [0.4, 0.5) is 19.3 Å². The van der Waals surface area contributed by atoms with Crippen LogP contribution in [0, 0.1) is 23.0 Å². The molecule has 5 aromatic rings. The molecule has 2 aromatic carbocycles. The van der Waals surface area contributed by atoms with E-state index in [0.29, 0.717) is 21.7 Å². The number of amides is 2. The quantitative estimate of drug-likeness (QED) is 0.214. The van der Waals surface area contributed by atoms with E-state index in [-0.39, 0.29) is 40.5 Å². The Labute approximate surface area is 264 Å². The van der Waals surface area contributed by atoms with Gasteiger partial charge in [-0.15, -0.1) is 11.3 Å². The number of thiophene rings is 1. The molecule has 0 unspecified atom stereocenters. The van der Waals surface area contributed by atoms with Crippen molar-refractivity contribution >= 4 is 33.3 Å². The number of aromatic nitrogens is 3. The van der Waals surface area contributed by atoms with Crippen LogP contribution in [0.2, 0.25) is 0 Å². The van der Waals surface area contributed by atoms with Crippen molar-refractivity contribution in [1.82, 2.24) is 24.5 Å². The van der Waals surface area contributed by atoms with Crippen LogP contribution in [0.5, 0.6) is 5.88 Å². The highest BCUT2D eigenvalue weighted by molar-refractivity contribution is 7.22. The van der Waals surface area contributed by atoms with Gasteiger partial charge in [0.2, 0.25) is 5.88 Å². The number of halogens is 2. The number of hydroxylamine groups is 1. The predicted octanol–water partition coefficient (Wildman–Crippen LogP) is 4.25. The summed E-state index contributed by atoms with van der Waals surface area (Å²) in [5.74, 6) is -1.58. The van der Waals surface area contributed by atoms with Gasteiger partial charge in [-0.05, 0) is 55.6 Å². The molecule has 0 aliphatic rings. The van der Waals surface area contributed by atoms with Gasteiger partial charge in [0.1, 0.15) is 22.5 Å². The van der Waals surface area contributed by atoms with E-state index >= 15 is 0 Å². The second-order valence-corrected chi connectivity index (χ2v) is 11.2. The zero-order chi connectivity index (χ0) is 33.0. The van der Waals surface area contributed by atoms with E-state index in [1.807, 2.05) is 25.1 Å². The first-order valence-corrected chi connectivity index (χ1v) is 14.5. The molecule has 2 N–H and O–H groups in total. The molecule has 0 bridgehead atoms. The summed E-state index contributed by atoms with van der Waals surface area (Å²) < 4.78 is 37.1. The van der Waals surface area contributed by atoms with E-state index in [1.54, 1.807) is 24.3 Å². The number of hydrogen-bond donors (Lipinski definition) is 2. The fourth-order valence-corrected chi connectivity index (χ4v) is 6.13. The van der Waals surface area contributed by atoms with Gasteiger partial charge in [-0.1, -0.05) is 18.2 Å². The Balaban J connectivity index is 1.76. The highest BCUT2D eigenvalue weighted by Crippen LogP contribution is 2.38. The number of carbonyl (C=O) groups excluding carboxylic acids is 1. The number of nitriles is 1. The topological polar surface area (TPSA) is 144 Å². The van der Waals surface area contributed by atoms with Crippen LogP contribution in [0.25, 0.3) is 26.3 Å². The summed E-state index contributed by atoms with van der Waals surface area (Å²) in [6, 6.07) is 14.3. The Morgan fingerprint density at radius 1 is 1.07 bits per heavy atom. The number of rotatable bonds is 10. The highest BCUT2D eigenvalue weighted by atomic mass is 32.1. The van der Waals surface area contributed by atoms with Gasteiger partial charge in [-0.3, -0.25) is 14.2 Å². The SMILES string of the molecule is CONC(=O)Nc1ccc(-c2sc3c(c2CN(C)C)c(=O)n(-c2ccc(OCC#N)nc2)c(=O)n3Cc2c(F)cccc2F)cc1. The van der Waals surface area contributed by atoms with Gasteiger partial charge in [0.25, 0.3) is 5.56 Å².